The number of carbonyl (C=O) groups is 2. The minimum absolute atomic E-state index is 0.0200. The molecule has 0 spiro atoms. The number of phosphoric ester groups is 1. The molecule has 2 rings (SSSR count). The summed E-state index contributed by atoms with van der Waals surface area (Å²) in [4.78, 5) is 28.1. The second-order valence-corrected chi connectivity index (χ2v) is 12.3. The molecule has 1 aromatic carbocycles. The average molecular weight is 560 g/mol. The number of methoxy groups -OCH3 is 1. The molecular formula is C23H34N2O10P2. The van der Waals surface area contributed by atoms with Crippen LogP contribution in [0.1, 0.15) is 41.7 Å². The van der Waals surface area contributed by atoms with Crippen molar-refractivity contribution in [1.82, 2.24) is 9.47 Å². The molecule has 0 saturated heterocycles. The van der Waals surface area contributed by atoms with E-state index in [1.807, 2.05) is 0 Å². The summed E-state index contributed by atoms with van der Waals surface area (Å²) in [6.07, 6.45) is 0. The Hall–Kier alpha value is -2.78. The van der Waals surface area contributed by atoms with E-state index >= 15 is 0 Å². The van der Waals surface area contributed by atoms with Gasteiger partial charge in [-0.2, -0.15) is 0 Å². The highest BCUT2D eigenvalue weighted by Crippen LogP contribution is 2.56. The van der Waals surface area contributed by atoms with Gasteiger partial charge in [-0.15, -0.1) is 0 Å². The molecule has 0 aliphatic heterocycles. The number of hydrogen-bond donors (Lipinski definition) is 0. The van der Waals surface area contributed by atoms with Crippen molar-refractivity contribution in [3.05, 3.63) is 35.7 Å². The molecular weight excluding hydrogens is 526 g/mol. The van der Waals surface area contributed by atoms with Crippen LogP contribution in [0.25, 0.3) is 5.69 Å². The first kappa shape index (κ1) is 30.4. The SMILES string of the molecule is CCOC(=O)c1c(OP(=O)(OCC)OCC)c(OP(C)(C)=O)c(C(=O)N(C)C)n1-c1ccc(OC)cc1. The summed E-state index contributed by atoms with van der Waals surface area (Å²) >= 11 is 0. The van der Waals surface area contributed by atoms with Crippen LogP contribution in [0, 0.1) is 0 Å². The Morgan fingerprint density at radius 3 is 1.84 bits per heavy atom. The van der Waals surface area contributed by atoms with E-state index < -0.39 is 32.8 Å². The van der Waals surface area contributed by atoms with E-state index in [2.05, 4.69) is 0 Å². The number of aromatic nitrogens is 1. The molecule has 37 heavy (non-hydrogen) atoms. The van der Waals surface area contributed by atoms with Crippen molar-refractivity contribution < 1.29 is 46.3 Å². The second-order valence-electron chi connectivity index (χ2n) is 8.03. The quantitative estimate of drug-likeness (QED) is 0.248. The summed E-state index contributed by atoms with van der Waals surface area (Å²) in [5.74, 6) is -1.86. The van der Waals surface area contributed by atoms with Crippen molar-refractivity contribution in [3.63, 3.8) is 0 Å². The Balaban J connectivity index is 3.09. The van der Waals surface area contributed by atoms with Gasteiger partial charge in [-0.05, 0) is 45.0 Å². The van der Waals surface area contributed by atoms with Gasteiger partial charge in [0.2, 0.25) is 18.9 Å². The molecule has 0 radical (unpaired) electrons. The standard InChI is InChI=1S/C23H34N2O10P2/c1-9-31-23(27)19-21(35-37(29,32-10-2)33-11-3)20(34-36(7,8)28)18(22(26)24(4)5)25(19)16-12-14-17(30-6)15-13-16/h12-15H,9-11H2,1-8H3. The average Bonchev–Trinajstić information content (AvgIpc) is 3.10. The fourth-order valence-corrected chi connectivity index (χ4v) is 5.03. The maximum atomic E-state index is 13.5. The van der Waals surface area contributed by atoms with Gasteiger partial charge >= 0.3 is 13.8 Å². The van der Waals surface area contributed by atoms with Gasteiger partial charge in [0.25, 0.3) is 5.91 Å². The third kappa shape index (κ3) is 7.38. The first-order valence-electron chi connectivity index (χ1n) is 11.5. The molecule has 206 valence electrons. The van der Waals surface area contributed by atoms with E-state index in [1.54, 1.807) is 45.0 Å². The Morgan fingerprint density at radius 1 is 0.865 bits per heavy atom. The van der Waals surface area contributed by atoms with Crippen LogP contribution in [0.5, 0.6) is 17.2 Å². The zero-order chi connectivity index (χ0) is 28.0. The highest BCUT2D eigenvalue weighted by Gasteiger charge is 2.41. The molecule has 0 bridgehead atoms. The van der Waals surface area contributed by atoms with Gasteiger partial charge in [-0.25, -0.2) is 9.36 Å². The maximum Gasteiger partial charge on any atom is 0.530 e. The molecule has 0 aliphatic rings. The predicted molar refractivity (Wildman–Crippen MR) is 138 cm³/mol. The van der Waals surface area contributed by atoms with Gasteiger partial charge < -0.3 is 23.4 Å². The second kappa shape index (κ2) is 12.6. The molecule has 1 aromatic heterocycles. The van der Waals surface area contributed by atoms with Crippen LogP contribution in [0.15, 0.2) is 24.3 Å². The fraction of sp³-hybridized carbons (Fsp3) is 0.478. The zero-order valence-electron chi connectivity index (χ0n) is 22.3. The van der Waals surface area contributed by atoms with E-state index in [0.29, 0.717) is 11.4 Å². The molecule has 0 aliphatic carbocycles. The van der Waals surface area contributed by atoms with Gasteiger partial charge in [-0.1, -0.05) is 0 Å². The molecule has 2 aromatic rings. The molecule has 0 fully saturated rings. The lowest BCUT2D eigenvalue weighted by Gasteiger charge is -2.19. The van der Waals surface area contributed by atoms with Crippen molar-refractivity contribution in [2.24, 2.45) is 0 Å². The lowest BCUT2D eigenvalue weighted by molar-refractivity contribution is 0.0513. The Bertz CT molecular complexity index is 1190. The lowest BCUT2D eigenvalue weighted by atomic mass is 10.2. The van der Waals surface area contributed by atoms with Crippen molar-refractivity contribution in [2.45, 2.75) is 20.8 Å². The monoisotopic (exact) mass is 560 g/mol. The van der Waals surface area contributed by atoms with Crippen LogP contribution in [0.3, 0.4) is 0 Å². The smallest absolute Gasteiger partial charge is 0.497 e. The van der Waals surface area contributed by atoms with Crippen molar-refractivity contribution in [3.8, 4) is 22.9 Å². The highest BCUT2D eigenvalue weighted by molar-refractivity contribution is 7.57. The van der Waals surface area contributed by atoms with Crippen LogP contribution in [0.4, 0.5) is 0 Å². The third-order valence-electron chi connectivity index (χ3n) is 4.58. The van der Waals surface area contributed by atoms with E-state index in [1.165, 1.54) is 44.0 Å². The summed E-state index contributed by atoms with van der Waals surface area (Å²) in [6.45, 7) is 7.27. The molecule has 12 nitrogen and oxygen atoms in total. The lowest BCUT2D eigenvalue weighted by Crippen LogP contribution is -2.26. The number of nitrogens with zero attached hydrogens (tertiary/aromatic N) is 2. The number of benzene rings is 1. The van der Waals surface area contributed by atoms with Crippen LogP contribution >= 0.6 is 15.2 Å². The van der Waals surface area contributed by atoms with E-state index in [9.17, 15) is 18.7 Å². The molecule has 1 amide bonds. The van der Waals surface area contributed by atoms with Crippen molar-refractivity contribution >= 4 is 27.1 Å². The Kier molecular flexibility index (Phi) is 10.4. The van der Waals surface area contributed by atoms with E-state index in [-0.39, 0.29) is 37.0 Å². The van der Waals surface area contributed by atoms with E-state index in [0.717, 1.165) is 0 Å². The van der Waals surface area contributed by atoms with Crippen LogP contribution in [0.2, 0.25) is 0 Å². The van der Waals surface area contributed by atoms with Gasteiger partial charge in [0.15, 0.2) is 11.4 Å². The van der Waals surface area contributed by atoms with Crippen LogP contribution < -0.4 is 13.8 Å². The number of carbonyl (C=O) groups excluding carboxylic acids is 2. The molecule has 1 heterocycles. The van der Waals surface area contributed by atoms with Crippen LogP contribution in [-0.4, -0.2) is 75.7 Å². The summed E-state index contributed by atoms with van der Waals surface area (Å²) in [5.41, 5.74) is -0.226. The summed E-state index contributed by atoms with van der Waals surface area (Å²) in [7, 11) is -3.22. The molecule has 0 saturated carbocycles. The molecule has 14 heteroatoms. The number of hydrogen-bond acceptors (Lipinski definition) is 10. The third-order valence-corrected chi connectivity index (χ3v) is 6.76. The van der Waals surface area contributed by atoms with Gasteiger partial charge in [0, 0.05) is 33.1 Å². The Labute approximate surface area is 216 Å². The van der Waals surface area contributed by atoms with Gasteiger partial charge in [0.05, 0.1) is 26.9 Å². The first-order chi connectivity index (χ1) is 17.3. The molecule has 0 N–H and O–H groups in total. The number of amides is 1. The summed E-state index contributed by atoms with van der Waals surface area (Å²) in [6, 6.07) is 6.41. The van der Waals surface area contributed by atoms with Gasteiger partial charge in [0.1, 0.15) is 5.75 Å². The fourth-order valence-electron chi connectivity index (χ4n) is 3.21. The molecule has 0 unspecified atom stereocenters. The number of phosphoric acid groups is 1. The minimum atomic E-state index is -4.32. The topological polar surface area (TPSA) is 132 Å². The highest BCUT2D eigenvalue weighted by atomic mass is 31.2. The Morgan fingerprint density at radius 2 is 1.41 bits per heavy atom. The largest absolute Gasteiger partial charge is 0.530 e. The number of esters is 1. The minimum Gasteiger partial charge on any atom is -0.497 e. The summed E-state index contributed by atoms with van der Waals surface area (Å²) < 4.78 is 60.0. The normalized spacial score (nSPS) is 11.7. The number of rotatable bonds is 13. The molecule has 0 atom stereocenters. The zero-order valence-corrected chi connectivity index (χ0v) is 24.1. The van der Waals surface area contributed by atoms with Crippen LogP contribution in [-0.2, 0) is 22.9 Å². The predicted octanol–water partition coefficient (Wildman–Crippen LogP) is 4.84. The van der Waals surface area contributed by atoms with E-state index in [4.69, 9.17) is 27.6 Å². The van der Waals surface area contributed by atoms with Crippen molar-refractivity contribution in [1.29, 1.82) is 0 Å². The van der Waals surface area contributed by atoms with Gasteiger partial charge in [-0.3, -0.25) is 23.0 Å². The van der Waals surface area contributed by atoms with Crippen molar-refractivity contribution in [2.75, 3.05) is 54.4 Å². The maximum absolute atomic E-state index is 13.5. The first-order valence-corrected chi connectivity index (χ1v) is 15.5. The summed E-state index contributed by atoms with van der Waals surface area (Å²) in [5, 5.41) is 0. The number of ether oxygens (including phenoxy) is 2.